The second-order valence-electron chi connectivity index (χ2n) is 5.28. The molecule has 21 heavy (non-hydrogen) atoms. The molecule has 7 nitrogen and oxygen atoms in total. The maximum absolute atomic E-state index is 11.8. The number of amides is 1. The molecule has 0 fully saturated rings. The quantitative estimate of drug-likeness (QED) is 0.859. The predicted octanol–water partition coefficient (Wildman–Crippen LogP) is 2.50. The molecule has 1 N–H and O–H groups in total. The Morgan fingerprint density at radius 1 is 1.33 bits per heavy atom. The van der Waals surface area contributed by atoms with Crippen molar-refractivity contribution in [3.05, 3.63) is 18.0 Å². The molecule has 0 bridgehead atoms. The van der Waals surface area contributed by atoms with Gasteiger partial charge in [0.15, 0.2) is 5.75 Å². The number of methoxy groups -OCH3 is 1. The highest BCUT2D eigenvalue weighted by Gasteiger charge is 2.18. The van der Waals surface area contributed by atoms with Crippen LogP contribution in [0.1, 0.15) is 33.4 Å². The van der Waals surface area contributed by atoms with Crippen LogP contribution in [0.4, 0.5) is 10.5 Å². The van der Waals surface area contributed by atoms with Crippen molar-refractivity contribution in [2.75, 3.05) is 12.4 Å². The highest BCUT2D eigenvalue weighted by atomic mass is 16.6. The second-order valence-corrected chi connectivity index (χ2v) is 5.28. The van der Waals surface area contributed by atoms with E-state index in [0.29, 0.717) is 17.1 Å². The molecule has 1 rings (SSSR count). The van der Waals surface area contributed by atoms with Gasteiger partial charge < -0.3 is 14.2 Å². The minimum absolute atomic E-state index is 0.0162. The van der Waals surface area contributed by atoms with Crippen LogP contribution in [0.2, 0.25) is 0 Å². The Kier molecular flexibility index (Phi) is 5.52. The van der Waals surface area contributed by atoms with Crippen LogP contribution >= 0.6 is 0 Å². The van der Waals surface area contributed by atoms with Crippen molar-refractivity contribution >= 4 is 17.7 Å². The molecular weight excluding hydrogens is 276 g/mol. The number of hydrogen-bond acceptors (Lipinski definition) is 6. The van der Waals surface area contributed by atoms with Gasteiger partial charge in [-0.3, -0.25) is 15.1 Å². The fourth-order valence-electron chi connectivity index (χ4n) is 1.41. The average Bonchev–Trinajstić information content (AvgIpc) is 2.34. The summed E-state index contributed by atoms with van der Waals surface area (Å²) >= 11 is 0. The van der Waals surface area contributed by atoms with Gasteiger partial charge in [-0.05, 0) is 26.8 Å². The molecule has 0 atom stereocenters. The van der Waals surface area contributed by atoms with Crippen molar-refractivity contribution < 1.29 is 23.8 Å². The number of aromatic nitrogens is 1. The molecule has 0 aliphatic heterocycles. The fourth-order valence-corrected chi connectivity index (χ4v) is 1.41. The number of hydrogen-bond donors (Lipinski definition) is 1. The number of carbonyl (C=O) groups is 2. The molecule has 0 saturated carbocycles. The highest BCUT2D eigenvalue weighted by Crippen LogP contribution is 2.24. The van der Waals surface area contributed by atoms with E-state index in [4.69, 9.17) is 14.2 Å². The molecule has 7 heteroatoms. The monoisotopic (exact) mass is 296 g/mol. The maximum atomic E-state index is 11.8. The Bertz CT molecular complexity index is 523. The number of anilines is 1. The lowest BCUT2D eigenvalue weighted by molar-refractivity contribution is -0.142. The van der Waals surface area contributed by atoms with E-state index in [1.807, 2.05) is 0 Å². The summed E-state index contributed by atoms with van der Waals surface area (Å²) in [5.74, 6) is -0.0262. The van der Waals surface area contributed by atoms with Crippen LogP contribution in [-0.2, 0) is 20.9 Å². The molecular formula is C14H20N2O5. The predicted molar refractivity (Wildman–Crippen MR) is 76.1 cm³/mol. The zero-order chi connectivity index (χ0) is 16.0. The van der Waals surface area contributed by atoms with Crippen LogP contribution in [0.25, 0.3) is 0 Å². The summed E-state index contributed by atoms with van der Waals surface area (Å²) in [5.41, 5.74) is 0.270. The van der Waals surface area contributed by atoms with Crippen molar-refractivity contribution in [3.63, 3.8) is 0 Å². The van der Waals surface area contributed by atoms with Gasteiger partial charge in [0.25, 0.3) is 0 Å². The molecule has 0 aliphatic carbocycles. The Hall–Kier alpha value is -2.31. The summed E-state index contributed by atoms with van der Waals surface area (Å²) in [6.45, 7) is 6.62. The zero-order valence-electron chi connectivity index (χ0n) is 12.9. The first-order chi connectivity index (χ1) is 9.71. The lowest BCUT2D eigenvalue weighted by atomic mass is 10.2. The normalized spacial score (nSPS) is 10.7. The zero-order valence-corrected chi connectivity index (χ0v) is 12.9. The first-order valence-electron chi connectivity index (χ1n) is 6.37. The summed E-state index contributed by atoms with van der Waals surface area (Å²) in [6, 6.07) is 1.56. The highest BCUT2D eigenvalue weighted by molar-refractivity contribution is 5.86. The fraction of sp³-hybridized carbons (Fsp3) is 0.500. The smallest absolute Gasteiger partial charge is 0.412 e. The molecule has 0 unspecified atom stereocenters. The second kappa shape index (κ2) is 6.92. The van der Waals surface area contributed by atoms with E-state index in [1.54, 1.807) is 26.8 Å². The van der Waals surface area contributed by atoms with Crippen LogP contribution in [-0.4, -0.2) is 29.8 Å². The SMILES string of the molecule is COc1cnc(COC(C)=O)cc1NC(=O)OC(C)(C)C. The standard InChI is InChI=1S/C14H20N2O5/c1-9(17)20-8-10-6-11(12(19-5)7-15-10)16-13(18)21-14(2,3)4/h6-7H,8H2,1-5H3,(H,15,16,18). The lowest BCUT2D eigenvalue weighted by Gasteiger charge is -2.20. The molecule has 1 aromatic rings. The van der Waals surface area contributed by atoms with Crippen LogP contribution in [0.5, 0.6) is 5.75 Å². The Morgan fingerprint density at radius 2 is 2.00 bits per heavy atom. The first-order valence-corrected chi connectivity index (χ1v) is 6.37. The molecule has 0 aliphatic rings. The van der Waals surface area contributed by atoms with E-state index < -0.39 is 17.7 Å². The van der Waals surface area contributed by atoms with E-state index in [2.05, 4.69) is 10.3 Å². The van der Waals surface area contributed by atoms with Gasteiger partial charge in [-0.15, -0.1) is 0 Å². The Morgan fingerprint density at radius 3 is 2.52 bits per heavy atom. The summed E-state index contributed by atoms with van der Waals surface area (Å²) < 4.78 is 15.1. The minimum Gasteiger partial charge on any atom is -0.493 e. The lowest BCUT2D eigenvalue weighted by Crippen LogP contribution is -2.27. The summed E-state index contributed by atoms with van der Waals surface area (Å²) in [6.07, 6.45) is 0.830. The third-order valence-corrected chi connectivity index (χ3v) is 2.20. The molecule has 116 valence electrons. The third-order valence-electron chi connectivity index (χ3n) is 2.20. The average molecular weight is 296 g/mol. The summed E-state index contributed by atoms with van der Waals surface area (Å²) in [7, 11) is 1.46. The first kappa shape index (κ1) is 16.7. The van der Waals surface area contributed by atoms with E-state index >= 15 is 0 Å². The van der Waals surface area contributed by atoms with Gasteiger partial charge in [0.05, 0.1) is 24.7 Å². The molecule has 0 radical (unpaired) electrons. The number of nitrogens with one attached hydrogen (secondary N) is 1. The Balaban J connectivity index is 2.85. The topological polar surface area (TPSA) is 86.8 Å². The molecule has 0 aromatic carbocycles. The van der Waals surface area contributed by atoms with Crippen molar-refractivity contribution in [1.82, 2.24) is 4.98 Å². The summed E-state index contributed by atoms with van der Waals surface area (Å²) in [5, 5.41) is 2.58. The number of ether oxygens (including phenoxy) is 3. The van der Waals surface area contributed by atoms with Gasteiger partial charge in [-0.25, -0.2) is 4.79 Å². The third kappa shape index (κ3) is 6.11. The van der Waals surface area contributed by atoms with E-state index in [1.165, 1.54) is 20.2 Å². The van der Waals surface area contributed by atoms with Crippen LogP contribution in [0.3, 0.4) is 0 Å². The van der Waals surface area contributed by atoms with Crippen LogP contribution < -0.4 is 10.1 Å². The maximum Gasteiger partial charge on any atom is 0.412 e. The van der Waals surface area contributed by atoms with Gasteiger partial charge in [-0.2, -0.15) is 0 Å². The largest absolute Gasteiger partial charge is 0.493 e. The van der Waals surface area contributed by atoms with E-state index in [0.717, 1.165) is 0 Å². The number of nitrogens with zero attached hydrogens (tertiary/aromatic N) is 1. The summed E-state index contributed by atoms with van der Waals surface area (Å²) in [4.78, 5) is 26.6. The van der Waals surface area contributed by atoms with Crippen molar-refractivity contribution in [2.45, 2.75) is 39.9 Å². The van der Waals surface area contributed by atoms with Gasteiger partial charge >= 0.3 is 12.1 Å². The number of carbonyl (C=O) groups excluding carboxylic acids is 2. The minimum atomic E-state index is -0.606. The molecule has 1 aromatic heterocycles. The van der Waals surface area contributed by atoms with Crippen molar-refractivity contribution in [1.29, 1.82) is 0 Å². The molecule has 0 spiro atoms. The van der Waals surface area contributed by atoms with Crippen LogP contribution in [0, 0.1) is 0 Å². The van der Waals surface area contributed by atoms with Gasteiger partial charge in [0, 0.05) is 6.92 Å². The molecule has 1 amide bonds. The number of rotatable bonds is 4. The van der Waals surface area contributed by atoms with E-state index in [9.17, 15) is 9.59 Å². The Labute approximate surface area is 123 Å². The van der Waals surface area contributed by atoms with E-state index in [-0.39, 0.29) is 6.61 Å². The number of esters is 1. The molecule has 0 saturated heterocycles. The molecule has 1 heterocycles. The number of pyridine rings is 1. The van der Waals surface area contributed by atoms with Crippen LogP contribution in [0.15, 0.2) is 12.3 Å². The van der Waals surface area contributed by atoms with Gasteiger partial charge in [0.2, 0.25) is 0 Å². The van der Waals surface area contributed by atoms with Gasteiger partial charge in [0.1, 0.15) is 12.2 Å². The van der Waals surface area contributed by atoms with Crippen molar-refractivity contribution in [3.8, 4) is 5.75 Å². The van der Waals surface area contributed by atoms with Crippen molar-refractivity contribution in [2.24, 2.45) is 0 Å². The van der Waals surface area contributed by atoms with Gasteiger partial charge in [-0.1, -0.05) is 0 Å².